The Labute approximate surface area is 118 Å². The van der Waals surface area contributed by atoms with Crippen LogP contribution in [-0.2, 0) is 11.3 Å². The quantitative estimate of drug-likeness (QED) is 0.892. The van der Waals surface area contributed by atoms with Crippen LogP contribution in [0.15, 0.2) is 18.2 Å². The number of aromatic hydroxyl groups is 1. The lowest BCUT2D eigenvalue weighted by atomic mass is 9.89. The van der Waals surface area contributed by atoms with E-state index in [9.17, 15) is 9.90 Å². The zero-order chi connectivity index (χ0) is 14.0. The zero-order valence-electron chi connectivity index (χ0n) is 11.2. The molecule has 1 unspecified atom stereocenters. The van der Waals surface area contributed by atoms with Gasteiger partial charge in [0.25, 0.3) is 0 Å². The maximum atomic E-state index is 11.9. The highest BCUT2D eigenvalue weighted by Gasteiger charge is 2.39. The van der Waals surface area contributed by atoms with Crippen molar-refractivity contribution in [2.45, 2.75) is 19.9 Å². The smallest absolute Gasteiger partial charge is 0.227 e. The van der Waals surface area contributed by atoms with Gasteiger partial charge in [-0.2, -0.15) is 0 Å². The minimum absolute atomic E-state index is 0.0679. The number of nitrogens with zero attached hydrogens (tertiary/aromatic N) is 1. The second-order valence-corrected chi connectivity index (χ2v) is 5.75. The highest BCUT2D eigenvalue weighted by molar-refractivity contribution is 6.31. The molecule has 0 aromatic heterocycles. The van der Waals surface area contributed by atoms with E-state index in [4.69, 9.17) is 11.6 Å². The molecule has 2 rings (SSSR count). The number of carbonyl (C=O) groups excluding carboxylic acids is 1. The number of nitrogens with one attached hydrogen (secondary N) is 1. The Morgan fingerprint density at radius 2 is 2.32 bits per heavy atom. The third-order valence-corrected chi connectivity index (χ3v) is 4.16. The molecule has 19 heavy (non-hydrogen) atoms. The number of amides is 1. The van der Waals surface area contributed by atoms with Gasteiger partial charge in [0.1, 0.15) is 5.75 Å². The Hall–Kier alpha value is -1.26. The standard InChI is InChI=1S/C14H19ClN2O2/c1-14(13(19)16-2)6-7-17(9-14)8-10-11(15)4-3-5-12(10)18/h3-5,18H,6-9H2,1-2H3,(H,16,19). The molecule has 1 fully saturated rings. The summed E-state index contributed by atoms with van der Waals surface area (Å²) in [4.78, 5) is 14.0. The Kier molecular flexibility index (Phi) is 4.02. The van der Waals surface area contributed by atoms with E-state index in [0.717, 1.165) is 18.5 Å². The minimum atomic E-state index is -0.356. The summed E-state index contributed by atoms with van der Waals surface area (Å²) >= 11 is 6.10. The summed E-state index contributed by atoms with van der Waals surface area (Å²) in [5.74, 6) is 0.277. The summed E-state index contributed by atoms with van der Waals surface area (Å²) in [7, 11) is 1.66. The minimum Gasteiger partial charge on any atom is -0.508 e. The molecule has 2 N–H and O–H groups in total. The number of phenols is 1. The van der Waals surface area contributed by atoms with Crippen molar-refractivity contribution in [3.05, 3.63) is 28.8 Å². The van der Waals surface area contributed by atoms with Gasteiger partial charge in [0, 0.05) is 30.7 Å². The number of likely N-dealkylation sites (tertiary alicyclic amines) is 1. The second-order valence-electron chi connectivity index (χ2n) is 5.34. The largest absolute Gasteiger partial charge is 0.508 e. The van der Waals surface area contributed by atoms with Crippen LogP contribution in [0.25, 0.3) is 0 Å². The number of rotatable bonds is 3. The first-order valence-electron chi connectivity index (χ1n) is 6.37. The molecule has 104 valence electrons. The molecule has 4 nitrogen and oxygen atoms in total. The van der Waals surface area contributed by atoms with Gasteiger partial charge in [-0.15, -0.1) is 0 Å². The molecule has 1 heterocycles. The van der Waals surface area contributed by atoms with E-state index in [1.807, 2.05) is 6.92 Å². The number of halogens is 1. The van der Waals surface area contributed by atoms with Gasteiger partial charge < -0.3 is 10.4 Å². The lowest BCUT2D eigenvalue weighted by Gasteiger charge is -2.23. The van der Waals surface area contributed by atoms with E-state index in [0.29, 0.717) is 18.1 Å². The summed E-state index contributed by atoms with van der Waals surface area (Å²) in [6.07, 6.45) is 0.817. The number of benzene rings is 1. The van der Waals surface area contributed by atoms with Crippen LogP contribution in [0, 0.1) is 5.41 Å². The Morgan fingerprint density at radius 3 is 2.95 bits per heavy atom. The van der Waals surface area contributed by atoms with Crippen LogP contribution in [0.5, 0.6) is 5.75 Å². The third kappa shape index (κ3) is 2.85. The first-order valence-corrected chi connectivity index (χ1v) is 6.75. The van der Waals surface area contributed by atoms with Crippen LogP contribution in [0.2, 0.25) is 5.02 Å². The van der Waals surface area contributed by atoms with Crippen LogP contribution < -0.4 is 5.32 Å². The Balaban J connectivity index is 2.09. The lowest BCUT2D eigenvalue weighted by molar-refractivity contribution is -0.129. The average Bonchev–Trinajstić information content (AvgIpc) is 2.76. The molecule has 0 radical (unpaired) electrons. The van der Waals surface area contributed by atoms with Gasteiger partial charge in [-0.25, -0.2) is 0 Å². The number of carbonyl (C=O) groups is 1. The molecule has 0 bridgehead atoms. The van der Waals surface area contributed by atoms with Crippen molar-refractivity contribution in [2.75, 3.05) is 20.1 Å². The van der Waals surface area contributed by atoms with Crippen LogP contribution in [0.4, 0.5) is 0 Å². The highest BCUT2D eigenvalue weighted by Crippen LogP contribution is 2.33. The normalized spacial score (nSPS) is 23.5. The summed E-state index contributed by atoms with van der Waals surface area (Å²) < 4.78 is 0. The third-order valence-electron chi connectivity index (χ3n) is 3.80. The molecular weight excluding hydrogens is 264 g/mol. The molecule has 5 heteroatoms. The maximum absolute atomic E-state index is 11.9. The Morgan fingerprint density at radius 1 is 1.58 bits per heavy atom. The van der Waals surface area contributed by atoms with Gasteiger partial charge in [0.15, 0.2) is 0 Å². The number of phenolic OH excluding ortho intramolecular Hbond substituents is 1. The fourth-order valence-electron chi connectivity index (χ4n) is 2.61. The van der Waals surface area contributed by atoms with E-state index < -0.39 is 0 Å². The van der Waals surface area contributed by atoms with Crippen molar-refractivity contribution in [1.29, 1.82) is 0 Å². The second kappa shape index (κ2) is 5.39. The van der Waals surface area contributed by atoms with E-state index in [2.05, 4.69) is 10.2 Å². The van der Waals surface area contributed by atoms with Crippen molar-refractivity contribution >= 4 is 17.5 Å². The first-order chi connectivity index (χ1) is 8.96. The number of hydrogen-bond donors (Lipinski definition) is 2. The molecule has 1 amide bonds. The van der Waals surface area contributed by atoms with E-state index >= 15 is 0 Å². The maximum Gasteiger partial charge on any atom is 0.227 e. The molecular formula is C14H19ClN2O2. The van der Waals surface area contributed by atoms with Gasteiger partial charge in [0.05, 0.1) is 5.41 Å². The van der Waals surface area contributed by atoms with Crippen LogP contribution in [-0.4, -0.2) is 36.1 Å². The molecule has 0 saturated carbocycles. The van der Waals surface area contributed by atoms with E-state index in [1.165, 1.54) is 0 Å². The fraction of sp³-hybridized carbons (Fsp3) is 0.500. The van der Waals surface area contributed by atoms with Crippen LogP contribution in [0.3, 0.4) is 0 Å². The van der Waals surface area contributed by atoms with Crippen molar-refractivity contribution in [2.24, 2.45) is 5.41 Å². The fourth-order valence-corrected chi connectivity index (χ4v) is 2.84. The van der Waals surface area contributed by atoms with E-state index in [1.54, 1.807) is 25.2 Å². The topological polar surface area (TPSA) is 52.6 Å². The van der Waals surface area contributed by atoms with Crippen LogP contribution >= 0.6 is 11.6 Å². The van der Waals surface area contributed by atoms with E-state index in [-0.39, 0.29) is 17.1 Å². The summed E-state index contributed by atoms with van der Waals surface area (Å²) in [5.41, 5.74) is 0.372. The van der Waals surface area contributed by atoms with Gasteiger partial charge in [-0.1, -0.05) is 17.7 Å². The molecule has 1 aromatic carbocycles. The van der Waals surface area contributed by atoms with Gasteiger partial charge in [-0.05, 0) is 32.0 Å². The van der Waals surface area contributed by atoms with Crippen LogP contribution in [0.1, 0.15) is 18.9 Å². The molecule has 0 spiro atoms. The lowest BCUT2D eigenvalue weighted by Crippen LogP contribution is -2.39. The Bertz CT molecular complexity index is 472. The van der Waals surface area contributed by atoms with Gasteiger partial charge >= 0.3 is 0 Å². The van der Waals surface area contributed by atoms with Gasteiger partial charge in [-0.3, -0.25) is 9.69 Å². The molecule has 1 aliphatic rings. The predicted molar refractivity (Wildman–Crippen MR) is 75.2 cm³/mol. The summed E-state index contributed by atoms with van der Waals surface area (Å²) in [5, 5.41) is 13.1. The van der Waals surface area contributed by atoms with Crippen molar-refractivity contribution in [1.82, 2.24) is 10.2 Å². The first kappa shape index (κ1) is 14.2. The number of hydrogen-bond acceptors (Lipinski definition) is 3. The molecule has 1 aliphatic heterocycles. The monoisotopic (exact) mass is 282 g/mol. The molecule has 1 atom stereocenters. The average molecular weight is 283 g/mol. The van der Waals surface area contributed by atoms with Crippen molar-refractivity contribution < 1.29 is 9.90 Å². The predicted octanol–water partition coefficient (Wildman–Crippen LogP) is 2.00. The summed E-state index contributed by atoms with van der Waals surface area (Å²) in [6, 6.07) is 5.12. The zero-order valence-corrected chi connectivity index (χ0v) is 12.0. The molecule has 0 aliphatic carbocycles. The highest BCUT2D eigenvalue weighted by atomic mass is 35.5. The SMILES string of the molecule is CNC(=O)C1(C)CCN(Cc2c(O)cccc2Cl)C1. The van der Waals surface area contributed by atoms with Crippen molar-refractivity contribution in [3.63, 3.8) is 0 Å². The summed E-state index contributed by atoms with van der Waals surface area (Å²) in [6.45, 7) is 4.04. The van der Waals surface area contributed by atoms with Crippen molar-refractivity contribution in [3.8, 4) is 5.75 Å². The van der Waals surface area contributed by atoms with Gasteiger partial charge in [0.2, 0.25) is 5.91 Å². The molecule has 1 aromatic rings. The molecule has 1 saturated heterocycles.